The van der Waals surface area contributed by atoms with Gasteiger partial charge in [0.1, 0.15) is 0 Å². The van der Waals surface area contributed by atoms with E-state index in [1.807, 2.05) is 6.07 Å². The molecule has 1 aromatic rings. The summed E-state index contributed by atoms with van der Waals surface area (Å²) in [6.07, 6.45) is 5.04. The fourth-order valence-electron chi connectivity index (χ4n) is 2.28. The van der Waals surface area contributed by atoms with Crippen molar-refractivity contribution in [1.29, 1.82) is 0 Å². The number of amides is 1. The first-order valence-electron chi connectivity index (χ1n) is 6.48. The van der Waals surface area contributed by atoms with E-state index < -0.39 is 5.97 Å². The summed E-state index contributed by atoms with van der Waals surface area (Å²) in [5, 5.41) is 8.75. The molecule has 1 aliphatic heterocycles. The Hall–Kier alpha value is -1.33. The smallest absolute Gasteiger partial charge is 0.303 e. The predicted octanol–water partition coefficient (Wildman–Crippen LogP) is 3.13. The number of carbonyl (C=O) groups excluding carboxylic acids is 1. The van der Waals surface area contributed by atoms with Crippen LogP contribution in [0.25, 0.3) is 6.08 Å². The summed E-state index contributed by atoms with van der Waals surface area (Å²) in [5.41, 5.74) is 0. The molecule has 6 heteroatoms. The van der Waals surface area contributed by atoms with Crippen molar-refractivity contribution in [2.24, 2.45) is 5.92 Å². The van der Waals surface area contributed by atoms with Crippen molar-refractivity contribution in [3.8, 4) is 0 Å². The summed E-state index contributed by atoms with van der Waals surface area (Å²) in [7, 11) is 0. The zero-order valence-corrected chi connectivity index (χ0v) is 12.5. The van der Waals surface area contributed by atoms with Crippen LogP contribution in [-0.4, -0.2) is 35.0 Å². The number of likely N-dealkylation sites (tertiary alicyclic amines) is 1. The highest BCUT2D eigenvalue weighted by molar-refractivity contribution is 7.17. The number of carboxylic acid groups (broad SMARTS) is 1. The van der Waals surface area contributed by atoms with Crippen LogP contribution < -0.4 is 0 Å². The van der Waals surface area contributed by atoms with Gasteiger partial charge >= 0.3 is 5.97 Å². The van der Waals surface area contributed by atoms with E-state index in [1.165, 1.54) is 11.3 Å². The van der Waals surface area contributed by atoms with E-state index in [4.69, 9.17) is 16.7 Å². The third-order valence-electron chi connectivity index (χ3n) is 3.37. The number of thiophene rings is 1. The second-order valence-electron chi connectivity index (χ2n) is 4.84. The average molecular weight is 314 g/mol. The lowest BCUT2D eigenvalue weighted by Crippen LogP contribution is -2.37. The van der Waals surface area contributed by atoms with E-state index >= 15 is 0 Å². The van der Waals surface area contributed by atoms with Crippen LogP contribution in [-0.2, 0) is 9.59 Å². The zero-order chi connectivity index (χ0) is 14.5. The summed E-state index contributed by atoms with van der Waals surface area (Å²) in [6.45, 7) is 1.26. The second-order valence-corrected chi connectivity index (χ2v) is 6.59. The monoisotopic (exact) mass is 313 g/mol. The minimum Gasteiger partial charge on any atom is -0.481 e. The Balaban J connectivity index is 1.82. The maximum atomic E-state index is 12.0. The highest BCUT2D eigenvalue weighted by atomic mass is 35.5. The molecule has 2 heterocycles. The van der Waals surface area contributed by atoms with E-state index in [0.717, 1.165) is 17.7 Å². The molecule has 4 nitrogen and oxygen atoms in total. The maximum absolute atomic E-state index is 12.0. The van der Waals surface area contributed by atoms with Crippen molar-refractivity contribution < 1.29 is 14.7 Å². The van der Waals surface area contributed by atoms with Crippen molar-refractivity contribution >= 4 is 40.9 Å². The van der Waals surface area contributed by atoms with E-state index in [1.54, 1.807) is 23.1 Å². The first-order chi connectivity index (χ1) is 9.54. The molecule has 1 saturated heterocycles. The number of piperidine rings is 1. The number of carbonyl (C=O) groups is 2. The highest BCUT2D eigenvalue weighted by Crippen LogP contribution is 2.23. The van der Waals surface area contributed by atoms with Gasteiger partial charge in [0.15, 0.2) is 0 Å². The number of hydrogen-bond donors (Lipinski definition) is 1. The standard InChI is InChI=1S/C14H16ClNO3S/c15-12-3-1-11(20-12)2-4-13(17)16-7-5-10(6-8-16)9-14(18)19/h1-4,10H,5-9H2,(H,18,19). The topological polar surface area (TPSA) is 57.6 Å². The van der Waals surface area contributed by atoms with Crippen molar-refractivity contribution in [2.75, 3.05) is 13.1 Å². The average Bonchev–Trinajstić information content (AvgIpc) is 2.82. The largest absolute Gasteiger partial charge is 0.481 e. The fraction of sp³-hybridized carbons (Fsp3) is 0.429. The van der Waals surface area contributed by atoms with Crippen LogP contribution in [0.15, 0.2) is 18.2 Å². The van der Waals surface area contributed by atoms with E-state index in [2.05, 4.69) is 0 Å². The lowest BCUT2D eigenvalue weighted by molar-refractivity contribution is -0.138. The Morgan fingerprint density at radius 3 is 2.65 bits per heavy atom. The summed E-state index contributed by atoms with van der Waals surface area (Å²) in [5.74, 6) is -0.593. The molecule has 0 spiro atoms. The van der Waals surface area contributed by atoms with Crippen LogP contribution >= 0.6 is 22.9 Å². The normalized spacial score (nSPS) is 16.8. The Kier molecular flexibility index (Phi) is 5.20. The first kappa shape index (κ1) is 15.1. The van der Waals surface area contributed by atoms with Crippen LogP contribution in [0.1, 0.15) is 24.1 Å². The maximum Gasteiger partial charge on any atom is 0.303 e. The molecular formula is C14H16ClNO3S. The second kappa shape index (κ2) is 6.90. The van der Waals surface area contributed by atoms with Gasteiger partial charge in [-0.2, -0.15) is 0 Å². The van der Waals surface area contributed by atoms with E-state index in [-0.39, 0.29) is 18.2 Å². The van der Waals surface area contributed by atoms with Gasteiger partial charge in [-0.1, -0.05) is 11.6 Å². The number of carboxylic acids is 1. The van der Waals surface area contributed by atoms with Gasteiger partial charge in [0.2, 0.25) is 5.91 Å². The lowest BCUT2D eigenvalue weighted by atomic mass is 9.93. The molecule has 1 aromatic heterocycles. The minimum absolute atomic E-state index is 0.0247. The molecule has 0 atom stereocenters. The van der Waals surface area contributed by atoms with Crippen LogP contribution in [0.4, 0.5) is 0 Å². The van der Waals surface area contributed by atoms with Gasteiger partial charge in [-0.25, -0.2) is 0 Å². The van der Waals surface area contributed by atoms with Crippen LogP contribution in [0.5, 0.6) is 0 Å². The SMILES string of the molecule is O=C(O)CC1CCN(C(=O)C=Cc2ccc(Cl)s2)CC1. The molecule has 1 aliphatic rings. The van der Waals surface area contributed by atoms with Crippen LogP contribution in [0, 0.1) is 5.92 Å². The summed E-state index contributed by atoms with van der Waals surface area (Å²) in [4.78, 5) is 25.4. The van der Waals surface area contributed by atoms with Gasteiger partial charge < -0.3 is 10.0 Å². The number of hydrogen-bond acceptors (Lipinski definition) is 3. The van der Waals surface area contributed by atoms with Gasteiger partial charge in [0.05, 0.1) is 4.34 Å². The molecular weight excluding hydrogens is 298 g/mol. The molecule has 1 N–H and O–H groups in total. The predicted molar refractivity (Wildman–Crippen MR) is 79.9 cm³/mol. The number of aliphatic carboxylic acids is 1. The molecule has 2 rings (SSSR count). The molecule has 108 valence electrons. The Labute approximate surface area is 126 Å². The third kappa shape index (κ3) is 4.35. The van der Waals surface area contributed by atoms with Gasteiger partial charge in [0, 0.05) is 30.5 Å². The highest BCUT2D eigenvalue weighted by Gasteiger charge is 2.23. The number of rotatable bonds is 4. The number of nitrogens with zero attached hydrogens (tertiary/aromatic N) is 1. The first-order valence-corrected chi connectivity index (χ1v) is 7.68. The van der Waals surface area contributed by atoms with Gasteiger partial charge in [0.25, 0.3) is 0 Å². The quantitative estimate of drug-likeness (QED) is 0.869. The Morgan fingerprint density at radius 1 is 1.40 bits per heavy atom. The van der Waals surface area contributed by atoms with Gasteiger partial charge in [-0.15, -0.1) is 11.3 Å². The molecule has 0 unspecified atom stereocenters. The van der Waals surface area contributed by atoms with Crippen molar-refractivity contribution in [3.05, 3.63) is 27.4 Å². The zero-order valence-electron chi connectivity index (χ0n) is 10.9. The molecule has 1 amide bonds. The van der Waals surface area contributed by atoms with Crippen molar-refractivity contribution in [1.82, 2.24) is 4.90 Å². The van der Waals surface area contributed by atoms with Gasteiger partial charge in [-0.05, 0) is 37.0 Å². The summed E-state index contributed by atoms with van der Waals surface area (Å²) < 4.78 is 0.701. The number of halogens is 1. The molecule has 0 aliphatic carbocycles. The molecule has 1 fully saturated rings. The molecule has 0 radical (unpaired) electrons. The minimum atomic E-state index is -0.760. The van der Waals surface area contributed by atoms with Crippen LogP contribution in [0.2, 0.25) is 4.34 Å². The fourth-order valence-corrected chi connectivity index (χ4v) is 3.24. The van der Waals surface area contributed by atoms with Crippen LogP contribution in [0.3, 0.4) is 0 Å². The van der Waals surface area contributed by atoms with Crippen molar-refractivity contribution in [2.45, 2.75) is 19.3 Å². The summed E-state index contributed by atoms with van der Waals surface area (Å²) >= 11 is 7.25. The van der Waals surface area contributed by atoms with Gasteiger partial charge in [-0.3, -0.25) is 9.59 Å². The Morgan fingerprint density at radius 2 is 2.10 bits per heavy atom. The van der Waals surface area contributed by atoms with E-state index in [9.17, 15) is 9.59 Å². The molecule has 0 bridgehead atoms. The Bertz CT molecular complexity index is 518. The molecule has 0 aromatic carbocycles. The van der Waals surface area contributed by atoms with Crippen molar-refractivity contribution in [3.63, 3.8) is 0 Å². The lowest BCUT2D eigenvalue weighted by Gasteiger charge is -2.30. The summed E-state index contributed by atoms with van der Waals surface area (Å²) in [6, 6.07) is 3.67. The molecule has 20 heavy (non-hydrogen) atoms. The van der Waals surface area contributed by atoms with E-state index in [0.29, 0.717) is 17.4 Å². The third-order valence-corrected chi connectivity index (χ3v) is 4.57. The molecule has 0 saturated carbocycles.